The van der Waals surface area contributed by atoms with Gasteiger partial charge in [0.05, 0.1) is 36.1 Å². The molecule has 31 heavy (non-hydrogen) atoms. The van der Waals surface area contributed by atoms with E-state index in [2.05, 4.69) is 15.3 Å². The molecule has 4 rings (SSSR count). The Morgan fingerprint density at radius 3 is 2.71 bits per heavy atom. The molecular formula is C23H22ClN5O2. The van der Waals surface area contributed by atoms with E-state index in [0.29, 0.717) is 28.6 Å². The van der Waals surface area contributed by atoms with Crippen molar-refractivity contribution >= 4 is 34.9 Å². The van der Waals surface area contributed by atoms with Crippen molar-refractivity contribution in [3.8, 4) is 0 Å². The van der Waals surface area contributed by atoms with Crippen molar-refractivity contribution in [3.05, 3.63) is 82.8 Å². The van der Waals surface area contributed by atoms with Crippen LogP contribution in [-0.2, 0) is 11.3 Å². The lowest BCUT2D eigenvalue weighted by atomic mass is 10.1. The van der Waals surface area contributed by atoms with Crippen LogP contribution in [0.3, 0.4) is 0 Å². The van der Waals surface area contributed by atoms with Gasteiger partial charge in [-0.05, 0) is 42.8 Å². The second-order valence-electron chi connectivity index (χ2n) is 7.40. The molecule has 0 radical (unpaired) electrons. The van der Waals surface area contributed by atoms with Gasteiger partial charge in [0.1, 0.15) is 0 Å². The van der Waals surface area contributed by atoms with Crippen LogP contribution in [0.2, 0.25) is 5.02 Å². The van der Waals surface area contributed by atoms with Gasteiger partial charge < -0.3 is 15.1 Å². The van der Waals surface area contributed by atoms with Crippen LogP contribution in [0.25, 0.3) is 0 Å². The summed E-state index contributed by atoms with van der Waals surface area (Å²) in [5, 5.41) is 3.66. The Hall–Kier alpha value is -3.45. The number of nitrogens with zero attached hydrogens (tertiary/aromatic N) is 4. The van der Waals surface area contributed by atoms with Crippen LogP contribution in [0.1, 0.15) is 34.6 Å². The quantitative estimate of drug-likeness (QED) is 0.657. The Morgan fingerprint density at radius 1 is 1.23 bits per heavy atom. The first-order chi connectivity index (χ1) is 14.9. The Balaban J connectivity index is 1.61. The minimum absolute atomic E-state index is 0.0935. The molecule has 1 aromatic carbocycles. The Bertz CT molecular complexity index is 1100. The van der Waals surface area contributed by atoms with Gasteiger partial charge in [-0.15, -0.1) is 0 Å². The summed E-state index contributed by atoms with van der Waals surface area (Å²) >= 11 is 5.97. The van der Waals surface area contributed by atoms with Gasteiger partial charge in [0.25, 0.3) is 5.91 Å². The van der Waals surface area contributed by atoms with Gasteiger partial charge in [0, 0.05) is 24.5 Å². The van der Waals surface area contributed by atoms with Crippen molar-refractivity contribution in [2.75, 3.05) is 23.8 Å². The molecule has 0 saturated heterocycles. The van der Waals surface area contributed by atoms with Gasteiger partial charge in [-0.2, -0.15) is 0 Å². The van der Waals surface area contributed by atoms with E-state index in [1.165, 1.54) is 6.20 Å². The number of amides is 2. The van der Waals surface area contributed by atoms with Crippen LogP contribution in [0.5, 0.6) is 0 Å². The molecule has 1 aliphatic rings. The Labute approximate surface area is 185 Å². The molecule has 1 aliphatic heterocycles. The van der Waals surface area contributed by atoms with Crippen LogP contribution in [0.4, 0.5) is 11.5 Å². The molecular weight excluding hydrogens is 414 g/mol. The average molecular weight is 436 g/mol. The molecule has 8 heteroatoms. The number of nitrogens with one attached hydrogen (secondary N) is 1. The average Bonchev–Trinajstić information content (AvgIpc) is 2.81. The predicted octanol–water partition coefficient (Wildman–Crippen LogP) is 3.92. The van der Waals surface area contributed by atoms with E-state index in [-0.39, 0.29) is 24.4 Å². The maximum Gasteiger partial charge on any atom is 0.255 e. The molecule has 0 spiro atoms. The SMILES string of the molecule is CC(c1ccccn1)N(C)C(=O)c1cnc2c(c1)N(Cc1ccc(Cl)cc1)C(=O)CN2. The van der Waals surface area contributed by atoms with E-state index in [0.717, 1.165) is 11.3 Å². The lowest BCUT2D eigenvalue weighted by Crippen LogP contribution is -2.40. The Morgan fingerprint density at radius 2 is 2.00 bits per heavy atom. The lowest BCUT2D eigenvalue weighted by Gasteiger charge is -2.30. The fraction of sp³-hybridized carbons (Fsp3) is 0.217. The van der Waals surface area contributed by atoms with Gasteiger partial charge in [-0.1, -0.05) is 29.8 Å². The molecule has 1 N–H and O–H groups in total. The smallest absolute Gasteiger partial charge is 0.255 e. The number of halogens is 1. The highest BCUT2D eigenvalue weighted by atomic mass is 35.5. The first kappa shape index (κ1) is 20.8. The molecule has 7 nitrogen and oxygen atoms in total. The number of benzene rings is 1. The van der Waals surface area contributed by atoms with Crippen molar-refractivity contribution < 1.29 is 9.59 Å². The van der Waals surface area contributed by atoms with Gasteiger partial charge >= 0.3 is 0 Å². The third-order valence-corrected chi connectivity index (χ3v) is 5.64. The van der Waals surface area contributed by atoms with Gasteiger partial charge in [0.2, 0.25) is 5.91 Å². The molecule has 0 aliphatic carbocycles. The first-order valence-corrected chi connectivity index (χ1v) is 10.3. The zero-order valence-corrected chi connectivity index (χ0v) is 18.0. The van der Waals surface area contributed by atoms with Crippen LogP contribution < -0.4 is 10.2 Å². The van der Waals surface area contributed by atoms with Crippen molar-refractivity contribution in [2.45, 2.75) is 19.5 Å². The number of hydrogen-bond donors (Lipinski definition) is 1. The number of rotatable bonds is 5. The van der Waals surface area contributed by atoms with Crippen LogP contribution >= 0.6 is 11.6 Å². The summed E-state index contributed by atoms with van der Waals surface area (Å²) in [6, 6.07) is 14.4. The molecule has 0 saturated carbocycles. The predicted molar refractivity (Wildman–Crippen MR) is 120 cm³/mol. The maximum atomic E-state index is 13.1. The van der Waals surface area contributed by atoms with Crippen molar-refractivity contribution in [1.29, 1.82) is 0 Å². The second-order valence-corrected chi connectivity index (χ2v) is 7.83. The van der Waals surface area contributed by atoms with Gasteiger partial charge in [0.15, 0.2) is 5.82 Å². The minimum atomic E-state index is -0.213. The standard InChI is InChI=1S/C23H22ClN5O2/c1-15(19-5-3-4-10-25-19)28(2)23(31)17-11-20-22(26-12-17)27-13-21(30)29(20)14-16-6-8-18(24)9-7-16/h3-12,15H,13-14H2,1-2H3,(H,26,27). The van der Waals surface area contributed by atoms with Crippen LogP contribution in [0.15, 0.2) is 60.9 Å². The minimum Gasteiger partial charge on any atom is -0.359 e. The van der Waals surface area contributed by atoms with E-state index < -0.39 is 0 Å². The summed E-state index contributed by atoms with van der Waals surface area (Å²) in [5.74, 6) is 0.285. The summed E-state index contributed by atoms with van der Waals surface area (Å²) < 4.78 is 0. The van der Waals surface area contributed by atoms with E-state index in [4.69, 9.17) is 11.6 Å². The van der Waals surface area contributed by atoms with Gasteiger partial charge in [-0.25, -0.2) is 4.98 Å². The summed E-state index contributed by atoms with van der Waals surface area (Å²) in [6.07, 6.45) is 3.24. The largest absolute Gasteiger partial charge is 0.359 e. The molecule has 2 amide bonds. The van der Waals surface area contributed by atoms with E-state index in [1.54, 1.807) is 41.2 Å². The number of aromatic nitrogens is 2. The summed E-state index contributed by atoms with van der Waals surface area (Å²) in [7, 11) is 1.73. The molecule has 0 bridgehead atoms. The summed E-state index contributed by atoms with van der Waals surface area (Å²) in [5.41, 5.74) is 2.71. The molecule has 3 aromatic rings. The second kappa shape index (κ2) is 8.73. The van der Waals surface area contributed by atoms with Crippen LogP contribution in [-0.4, -0.2) is 40.3 Å². The van der Waals surface area contributed by atoms with Crippen LogP contribution in [0, 0.1) is 0 Å². The maximum absolute atomic E-state index is 13.1. The third kappa shape index (κ3) is 4.36. The molecule has 3 heterocycles. The highest BCUT2D eigenvalue weighted by Crippen LogP contribution is 2.31. The number of fused-ring (bicyclic) bond motifs is 1. The number of carbonyl (C=O) groups is 2. The highest BCUT2D eigenvalue weighted by molar-refractivity contribution is 6.30. The normalized spacial score (nSPS) is 13.9. The molecule has 1 atom stereocenters. The molecule has 0 fully saturated rings. The van der Waals surface area contributed by atoms with Gasteiger partial charge in [-0.3, -0.25) is 14.6 Å². The molecule has 1 unspecified atom stereocenters. The highest BCUT2D eigenvalue weighted by Gasteiger charge is 2.28. The zero-order chi connectivity index (χ0) is 22.0. The Kier molecular flexibility index (Phi) is 5.86. The number of hydrogen-bond acceptors (Lipinski definition) is 5. The fourth-order valence-corrected chi connectivity index (χ4v) is 3.57. The van der Waals surface area contributed by atoms with E-state index in [1.807, 2.05) is 37.3 Å². The topological polar surface area (TPSA) is 78.4 Å². The number of pyridine rings is 2. The third-order valence-electron chi connectivity index (χ3n) is 5.38. The summed E-state index contributed by atoms with van der Waals surface area (Å²) in [6.45, 7) is 2.44. The van der Waals surface area contributed by atoms with Crippen molar-refractivity contribution in [3.63, 3.8) is 0 Å². The number of anilines is 2. The first-order valence-electron chi connectivity index (χ1n) is 9.91. The lowest BCUT2D eigenvalue weighted by molar-refractivity contribution is -0.117. The van der Waals surface area contributed by atoms with E-state index >= 15 is 0 Å². The fourth-order valence-electron chi connectivity index (χ4n) is 3.45. The monoisotopic (exact) mass is 435 g/mol. The van der Waals surface area contributed by atoms with E-state index in [9.17, 15) is 9.59 Å². The van der Waals surface area contributed by atoms with Crippen molar-refractivity contribution in [1.82, 2.24) is 14.9 Å². The zero-order valence-electron chi connectivity index (χ0n) is 17.2. The van der Waals surface area contributed by atoms with Crippen molar-refractivity contribution in [2.24, 2.45) is 0 Å². The number of carbonyl (C=O) groups excluding carboxylic acids is 2. The summed E-state index contributed by atoms with van der Waals surface area (Å²) in [4.78, 5) is 37.8. The molecule has 158 valence electrons. The molecule has 2 aromatic heterocycles.